The maximum Gasteiger partial charge on any atom is 0.387 e. The zero-order valence-electron chi connectivity index (χ0n) is 12.1. The predicted octanol–water partition coefficient (Wildman–Crippen LogP) is 3.45. The van der Waals surface area contributed by atoms with Crippen molar-refractivity contribution >= 4 is 5.69 Å². The van der Waals surface area contributed by atoms with Crippen molar-refractivity contribution < 1.29 is 13.5 Å². The predicted molar refractivity (Wildman–Crippen MR) is 77.7 cm³/mol. The first-order chi connectivity index (χ1) is 10.0. The van der Waals surface area contributed by atoms with E-state index in [0.29, 0.717) is 6.04 Å². The molecule has 0 radical (unpaired) electrons. The molecule has 0 amide bonds. The summed E-state index contributed by atoms with van der Waals surface area (Å²) in [5.74, 6) is 0.190. The van der Waals surface area contributed by atoms with Crippen LogP contribution in [0.25, 0.3) is 0 Å². The minimum Gasteiger partial charge on any atom is -0.435 e. The molecule has 0 fully saturated rings. The maximum absolute atomic E-state index is 12.0. The highest BCUT2D eigenvalue weighted by Crippen LogP contribution is 2.17. The Hall–Kier alpha value is -2.11. The van der Waals surface area contributed by atoms with E-state index < -0.39 is 6.61 Å². The van der Waals surface area contributed by atoms with Gasteiger partial charge in [-0.2, -0.15) is 13.9 Å². The Morgan fingerprint density at radius 3 is 2.57 bits per heavy atom. The number of hydrogen-bond acceptors (Lipinski definition) is 3. The first-order valence-electron chi connectivity index (χ1n) is 6.82. The van der Waals surface area contributed by atoms with Crippen LogP contribution in [-0.2, 0) is 13.5 Å². The monoisotopic (exact) mass is 295 g/mol. The highest BCUT2D eigenvalue weighted by Gasteiger charge is 2.06. The van der Waals surface area contributed by atoms with Crippen LogP contribution < -0.4 is 10.1 Å². The molecule has 0 aliphatic carbocycles. The zero-order chi connectivity index (χ0) is 15.2. The lowest BCUT2D eigenvalue weighted by Gasteiger charge is -2.13. The summed E-state index contributed by atoms with van der Waals surface area (Å²) in [4.78, 5) is 0. The van der Waals surface area contributed by atoms with Gasteiger partial charge in [0, 0.05) is 19.3 Å². The van der Waals surface area contributed by atoms with Gasteiger partial charge in [-0.15, -0.1) is 0 Å². The van der Waals surface area contributed by atoms with Crippen LogP contribution in [0.5, 0.6) is 5.75 Å². The van der Waals surface area contributed by atoms with Crippen molar-refractivity contribution in [2.75, 3.05) is 5.32 Å². The number of halogens is 2. The first kappa shape index (κ1) is 15.3. The van der Waals surface area contributed by atoms with E-state index >= 15 is 0 Å². The van der Waals surface area contributed by atoms with Crippen molar-refractivity contribution in [2.24, 2.45) is 7.05 Å². The Balaban J connectivity index is 1.79. The summed E-state index contributed by atoms with van der Waals surface area (Å²) in [5, 5.41) is 7.46. The molecule has 1 atom stereocenters. The summed E-state index contributed by atoms with van der Waals surface area (Å²) in [5.41, 5.74) is 2.09. The lowest BCUT2D eigenvalue weighted by Crippen LogP contribution is -2.15. The first-order valence-corrected chi connectivity index (χ1v) is 6.82. The quantitative estimate of drug-likeness (QED) is 0.850. The van der Waals surface area contributed by atoms with Crippen LogP contribution in [0.3, 0.4) is 0 Å². The van der Waals surface area contributed by atoms with Crippen molar-refractivity contribution in [1.29, 1.82) is 0 Å². The summed E-state index contributed by atoms with van der Waals surface area (Å²) in [6.07, 6.45) is 5.51. The van der Waals surface area contributed by atoms with Gasteiger partial charge in [0.15, 0.2) is 0 Å². The molecule has 0 saturated heterocycles. The van der Waals surface area contributed by atoms with Gasteiger partial charge in [-0.3, -0.25) is 4.68 Å². The van der Waals surface area contributed by atoms with Gasteiger partial charge in [0.05, 0.1) is 11.9 Å². The number of aryl methyl sites for hydroxylation is 2. The fourth-order valence-corrected chi connectivity index (χ4v) is 2.07. The van der Waals surface area contributed by atoms with E-state index in [1.807, 2.05) is 25.4 Å². The summed E-state index contributed by atoms with van der Waals surface area (Å²) >= 11 is 0. The summed E-state index contributed by atoms with van der Waals surface area (Å²) < 4.78 is 30.2. The van der Waals surface area contributed by atoms with Crippen LogP contribution in [0.2, 0.25) is 0 Å². The minimum atomic E-state index is -2.78. The standard InChI is InChI=1S/C15H19F2N3O/c1-11(19-13-9-18-20(2)10-13)3-4-12-5-7-14(8-6-12)21-15(16)17/h5-11,15,19H,3-4H2,1-2H3. The van der Waals surface area contributed by atoms with E-state index in [2.05, 4.69) is 22.1 Å². The largest absolute Gasteiger partial charge is 0.435 e. The van der Waals surface area contributed by atoms with Gasteiger partial charge in [0.25, 0.3) is 0 Å². The van der Waals surface area contributed by atoms with Gasteiger partial charge in [-0.25, -0.2) is 0 Å². The van der Waals surface area contributed by atoms with Gasteiger partial charge in [-0.1, -0.05) is 12.1 Å². The van der Waals surface area contributed by atoms with Crippen molar-refractivity contribution in [3.05, 3.63) is 42.2 Å². The second-order valence-electron chi connectivity index (χ2n) is 5.01. The van der Waals surface area contributed by atoms with Crippen molar-refractivity contribution in [2.45, 2.75) is 32.4 Å². The average Bonchev–Trinajstić information content (AvgIpc) is 2.83. The molecule has 0 saturated carbocycles. The lowest BCUT2D eigenvalue weighted by molar-refractivity contribution is -0.0498. The number of benzene rings is 1. The molecule has 1 aromatic heterocycles. The minimum absolute atomic E-state index is 0.190. The Bertz CT molecular complexity index is 554. The SMILES string of the molecule is CC(CCc1ccc(OC(F)F)cc1)Nc1cnn(C)c1. The molecule has 2 aromatic rings. The number of nitrogens with one attached hydrogen (secondary N) is 1. The fraction of sp³-hybridized carbons (Fsp3) is 0.400. The van der Waals surface area contributed by atoms with Crippen LogP contribution in [0.4, 0.5) is 14.5 Å². The van der Waals surface area contributed by atoms with Gasteiger partial charge in [-0.05, 0) is 37.5 Å². The molecule has 1 heterocycles. The van der Waals surface area contributed by atoms with E-state index in [0.717, 1.165) is 24.1 Å². The van der Waals surface area contributed by atoms with Crippen LogP contribution in [0.15, 0.2) is 36.7 Å². The molecule has 114 valence electrons. The van der Waals surface area contributed by atoms with Gasteiger partial charge in [0.2, 0.25) is 0 Å². The number of hydrogen-bond donors (Lipinski definition) is 1. The summed E-state index contributed by atoms with van der Waals surface area (Å²) in [6, 6.07) is 7.07. The maximum atomic E-state index is 12.0. The number of rotatable bonds is 7. The molecular weight excluding hydrogens is 276 g/mol. The molecule has 1 N–H and O–H groups in total. The van der Waals surface area contributed by atoms with Crippen LogP contribution in [0.1, 0.15) is 18.9 Å². The Kier molecular flexibility index (Phi) is 5.14. The van der Waals surface area contributed by atoms with E-state index in [-0.39, 0.29) is 5.75 Å². The molecule has 0 spiro atoms. The third-order valence-electron chi connectivity index (χ3n) is 3.13. The molecule has 0 aliphatic heterocycles. The molecule has 0 aliphatic rings. The molecule has 0 bridgehead atoms. The average molecular weight is 295 g/mol. The topological polar surface area (TPSA) is 39.1 Å². The van der Waals surface area contributed by atoms with Crippen molar-refractivity contribution in [1.82, 2.24) is 9.78 Å². The van der Waals surface area contributed by atoms with Gasteiger partial charge in [0.1, 0.15) is 5.75 Å². The third kappa shape index (κ3) is 5.06. The van der Waals surface area contributed by atoms with Crippen LogP contribution >= 0.6 is 0 Å². The Morgan fingerprint density at radius 1 is 1.29 bits per heavy atom. The molecule has 4 nitrogen and oxygen atoms in total. The Morgan fingerprint density at radius 2 is 2.00 bits per heavy atom. The normalized spacial score (nSPS) is 12.4. The molecule has 6 heteroatoms. The summed E-state index contributed by atoms with van der Waals surface area (Å²) in [7, 11) is 1.87. The number of anilines is 1. The highest BCUT2D eigenvalue weighted by atomic mass is 19.3. The van der Waals surface area contributed by atoms with E-state index in [4.69, 9.17) is 0 Å². The van der Waals surface area contributed by atoms with Crippen LogP contribution in [-0.4, -0.2) is 22.4 Å². The second kappa shape index (κ2) is 7.06. The summed E-state index contributed by atoms with van der Waals surface area (Å²) in [6.45, 7) is -0.680. The zero-order valence-corrected chi connectivity index (χ0v) is 12.1. The number of nitrogens with zero attached hydrogens (tertiary/aromatic N) is 2. The van der Waals surface area contributed by atoms with E-state index in [1.54, 1.807) is 23.0 Å². The molecule has 1 unspecified atom stereocenters. The van der Waals surface area contributed by atoms with E-state index in [9.17, 15) is 8.78 Å². The van der Waals surface area contributed by atoms with Crippen molar-refractivity contribution in [3.8, 4) is 5.75 Å². The molecule has 2 rings (SSSR count). The number of alkyl halides is 2. The fourth-order valence-electron chi connectivity index (χ4n) is 2.07. The highest BCUT2D eigenvalue weighted by molar-refractivity contribution is 5.39. The lowest BCUT2D eigenvalue weighted by atomic mass is 10.1. The van der Waals surface area contributed by atoms with Gasteiger partial charge < -0.3 is 10.1 Å². The number of ether oxygens (including phenoxy) is 1. The Labute approximate surface area is 122 Å². The number of aromatic nitrogens is 2. The third-order valence-corrected chi connectivity index (χ3v) is 3.13. The van der Waals surface area contributed by atoms with Crippen LogP contribution in [0, 0.1) is 0 Å². The smallest absolute Gasteiger partial charge is 0.387 e. The van der Waals surface area contributed by atoms with E-state index in [1.165, 1.54) is 0 Å². The molecule has 1 aromatic carbocycles. The van der Waals surface area contributed by atoms with Gasteiger partial charge >= 0.3 is 6.61 Å². The van der Waals surface area contributed by atoms with Crippen molar-refractivity contribution in [3.63, 3.8) is 0 Å². The molecular formula is C15H19F2N3O. The second-order valence-corrected chi connectivity index (χ2v) is 5.01. The molecule has 21 heavy (non-hydrogen) atoms.